The molecule has 0 aromatic heterocycles. The molecule has 0 heteroatoms. The Kier molecular flexibility index (Phi) is 8.27. The average molecular weight is 751 g/mol. The lowest BCUT2D eigenvalue weighted by molar-refractivity contribution is 0.661. The van der Waals surface area contributed by atoms with Gasteiger partial charge >= 0.3 is 0 Å². The first-order valence-corrected chi connectivity index (χ1v) is 20.7. The fourth-order valence-corrected chi connectivity index (χ4v) is 9.65. The second-order valence-electron chi connectivity index (χ2n) is 16.5. The fourth-order valence-electron chi connectivity index (χ4n) is 9.65. The summed E-state index contributed by atoms with van der Waals surface area (Å²) in [4.78, 5) is 0. The third-order valence-electron chi connectivity index (χ3n) is 12.6. The maximum Gasteiger partial charge on any atom is 0.0159 e. The molecule has 1 aliphatic carbocycles. The lowest BCUT2D eigenvalue weighted by atomic mass is 9.79. The molecule has 0 heterocycles. The second-order valence-corrected chi connectivity index (χ2v) is 16.5. The van der Waals surface area contributed by atoms with Crippen LogP contribution in [0, 0.1) is 0 Å². The largest absolute Gasteiger partial charge is 0.0622 e. The number of hydrogen-bond donors (Lipinski definition) is 0. The molecule has 0 nitrogen and oxygen atoms in total. The molecule has 1 aliphatic rings. The number of benzene rings is 10. The lowest BCUT2D eigenvalue weighted by Gasteiger charge is -2.24. The Hall–Kier alpha value is -7.28. The van der Waals surface area contributed by atoms with Gasteiger partial charge in [-0.15, -0.1) is 0 Å². The highest BCUT2D eigenvalue weighted by Crippen LogP contribution is 2.57. The van der Waals surface area contributed by atoms with E-state index in [1.165, 1.54) is 111 Å². The summed E-state index contributed by atoms with van der Waals surface area (Å²) < 4.78 is 0. The third kappa shape index (κ3) is 5.91. The summed E-state index contributed by atoms with van der Waals surface area (Å²) in [7, 11) is 0. The summed E-state index contributed by atoms with van der Waals surface area (Å²) in [5, 5.41) is 5.15. The highest BCUT2D eigenvalue weighted by molar-refractivity contribution is 6.17. The quantitative estimate of drug-likeness (QED) is 0.159. The highest BCUT2D eigenvalue weighted by Gasteiger charge is 2.39. The van der Waals surface area contributed by atoms with E-state index in [4.69, 9.17) is 0 Å². The SMILES string of the molecule is CC1(C)c2cc(-c3cc(-c4ccccc4)cc(-c4ccccc4)c3)c3ccccc3c2-c2c1cc(-c1cc(-c3ccccc3)cc(-c3ccccc3)c1)c1ccccc21. The van der Waals surface area contributed by atoms with Crippen LogP contribution in [0.25, 0.3) is 99.4 Å². The highest BCUT2D eigenvalue weighted by atomic mass is 14.4. The summed E-state index contributed by atoms with van der Waals surface area (Å²) in [5.41, 5.74) is 19.9. The van der Waals surface area contributed by atoms with Crippen LogP contribution < -0.4 is 0 Å². The molecule has 0 atom stereocenters. The van der Waals surface area contributed by atoms with Crippen molar-refractivity contribution in [1.29, 1.82) is 0 Å². The smallest absolute Gasteiger partial charge is 0.0159 e. The molecule has 0 spiro atoms. The van der Waals surface area contributed by atoms with Gasteiger partial charge in [-0.1, -0.05) is 184 Å². The van der Waals surface area contributed by atoms with E-state index in [0.717, 1.165) is 0 Å². The van der Waals surface area contributed by atoms with Gasteiger partial charge in [0.25, 0.3) is 0 Å². The third-order valence-corrected chi connectivity index (χ3v) is 12.6. The van der Waals surface area contributed by atoms with Gasteiger partial charge in [-0.2, -0.15) is 0 Å². The van der Waals surface area contributed by atoms with Gasteiger partial charge in [0, 0.05) is 5.41 Å². The van der Waals surface area contributed by atoms with Gasteiger partial charge in [-0.25, -0.2) is 0 Å². The molecule has 11 rings (SSSR count). The van der Waals surface area contributed by atoms with E-state index in [2.05, 4.69) is 232 Å². The predicted molar refractivity (Wildman–Crippen MR) is 252 cm³/mol. The summed E-state index contributed by atoms with van der Waals surface area (Å²) >= 11 is 0. The van der Waals surface area contributed by atoms with E-state index < -0.39 is 0 Å². The van der Waals surface area contributed by atoms with Crippen molar-refractivity contribution in [3.63, 3.8) is 0 Å². The number of rotatable bonds is 6. The molecule has 0 N–H and O–H groups in total. The Morgan fingerprint density at radius 3 is 0.797 bits per heavy atom. The fraction of sp³-hybridized carbons (Fsp3) is 0.0508. The van der Waals surface area contributed by atoms with Crippen LogP contribution in [-0.2, 0) is 5.41 Å². The molecular weight excluding hydrogens is 709 g/mol. The molecule has 10 aromatic carbocycles. The Morgan fingerprint density at radius 1 is 0.237 bits per heavy atom. The van der Waals surface area contributed by atoms with E-state index in [-0.39, 0.29) is 5.41 Å². The number of hydrogen-bond acceptors (Lipinski definition) is 0. The lowest BCUT2D eigenvalue weighted by Crippen LogP contribution is -2.15. The van der Waals surface area contributed by atoms with E-state index in [0.29, 0.717) is 0 Å². The molecule has 59 heavy (non-hydrogen) atoms. The molecule has 0 radical (unpaired) electrons. The molecular formula is C59H42. The molecule has 0 unspecified atom stereocenters. The standard InChI is InChI=1S/C59H42/c1-59(2)55-37-53(47-33-43(39-19-7-3-8-20-39)31-44(34-47)40-21-9-4-10-22-40)49-27-15-17-29-51(49)57(55)58-52-30-18-16-28-50(52)54(38-56(58)59)48-35-45(41-23-11-5-12-24-41)32-46(36-48)42-25-13-6-14-26-42/h3-38H,1-2H3. The minimum atomic E-state index is -0.263. The van der Waals surface area contributed by atoms with Gasteiger partial charge in [-0.05, 0) is 159 Å². The van der Waals surface area contributed by atoms with E-state index >= 15 is 0 Å². The topological polar surface area (TPSA) is 0 Å². The maximum atomic E-state index is 2.52. The van der Waals surface area contributed by atoms with Crippen molar-refractivity contribution in [3.8, 4) is 77.9 Å². The molecule has 0 bridgehead atoms. The zero-order valence-electron chi connectivity index (χ0n) is 33.3. The summed E-state index contributed by atoms with van der Waals surface area (Å²) in [6.07, 6.45) is 0. The minimum Gasteiger partial charge on any atom is -0.0622 e. The molecule has 0 saturated heterocycles. The first kappa shape index (κ1) is 34.9. The van der Waals surface area contributed by atoms with Crippen molar-refractivity contribution in [1.82, 2.24) is 0 Å². The molecule has 10 aromatic rings. The van der Waals surface area contributed by atoms with Crippen molar-refractivity contribution in [3.05, 3.63) is 230 Å². The summed E-state index contributed by atoms with van der Waals surface area (Å²) in [6.45, 7) is 4.86. The van der Waals surface area contributed by atoms with Crippen LogP contribution in [-0.4, -0.2) is 0 Å². The van der Waals surface area contributed by atoms with Crippen LogP contribution in [0.3, 0.4) is 0 Å². The molecule has 0 amide bonds. The molecule has 0 fully saturated rings. The second kappa shape index (κ2) is 14.0. The van der Waals surface area contributed by atoms with Crippen LogP contribution >= 0.6 is 0 Å². The zero-order valence-corrected chi connectivity index (χ0v) is 33.3. The van der Waals surface area contributed by atoms with Crippen molar-refractivity contribution in [2.24, 2.45) is 0 Å². The van der Waals surface area contributed by atoms with Crippen LogP contribution in [0.4, 0.5) is 0 Å². The summed E-state index contributed by atoms with van der Waals surface area (Å²) in [5.74, 6) is 0. The van der Waals surface area contributed by atoms with Crippen molar-refractivity contribution < 1.29 is 0 Å². The van der Waals surface area contributed by atoms with Gasteiger partial charge in [-0.3, -0.25) is 0 Å². The van der Waals surface area contributed by atoms with Gasteiger partial charge in [0.05, 0.1) is 0 Å². The maximum absolute atomic E-state index is 2.52. The van der Waals surface area contributed by atoms with Crippen LogP contribution in [0.15, 0.2) is 218 Å². The Balaban J connectivity index is 1.16. The van der Waals surface area contributed by atoms with Crippen molar-refractivity contribution in [2.75, 3.05) is 0 Å². The van der Waals surface area contributed by atoms with E-state index in [9.17, 15) is 0 Å². The number of fused-ring (bicyclic) bond motifs is 7. The first-order chi connectivity index (χ1) is 29.0. The average Bonchev–Trinajstić information content (AvgIpc) is 3.54. The van der Waals surface area contributed by atoms with Crippen LogP contribution in [0.1, 0.15) is 25.0 Å². The van der Waals surface area contributed by atoms with Crippen LogP contribution in [0.2, 0.25) is 0 Å². The van der Waals surface area contributed by atoms with Crippen molar-refractivity contribution in [2.45, 2.75) is 19.3 Å². The summed E-state index contributed by atoms with van der Waals surface area (Å²) in [6, 6.07) is 80.6. The Labute approximate surface area is 346 Å². The normalized spacial score (nSPS) is 12.7. The minimum absolute atomic E-state index is 0.263. The zero-order chi connectivity index (χ0) is 39.5. The predicted octanol–water partition coefficient (Wildman–Crippen LogP) is 16.3. The van der Waals surface area contributed by atoms with E-state index in [1.807, 2.05) is 0 Å². The van der Waals surface area contributed by atoms with Crippen LogP contribution in [0.5, 0.6) is 0 Å². The van der Waals surface area contributed by atoms with Gasteiger partial charge < -0.3 is 0 Å². The molecule has 0 saturated carbocycles. The van der Waals surface area contributed by atoms with Gasteiger partial charge in [0.15, 0.2) is 0 Å². The van der Waals surface area contributed by atoms with Gasteiger partial charge in [0.2, 0.25) is 0 Å². The Bertz CT molecular complexity index is 2860. The van der Waals surface area contributed by atoms with E-state index in [1.54, 1.807) is 0 Å². The van der Waals surface area contributed by atoms with Crippen molar-refractivity contribution >= 4 is 21.5 Å². The molecule has 0 aliphatic heterocycles. The monoisotopic (exact) mass is 750 g/mol. The molecule has 278 valence electrons. The first-order valence-electron chi connectivity index (χ1n) is 20.7. The Morgan fingerprint density at radius 2 is 0.492 bits per heavy atom. The van der Waals surface area contributed by atoms with Gasteiger partial charge in [0.1, 0.15) is 0 Å².